The second kappa shape index (κ2) is 9.16. The fourth-order valence-corrected chi connectivity index (χ4v) is 4.44. The van der Waals surface area contributed by atoms with Crippen LogP contribution in [0, 0.1) is 0 Å². The van der Waals surface area contributed by atoms with E-state index >= 15 is 0 Å². The summed E-state index contributed by atoms with van der Waals surface area (Å²) in [5.74, 6) is -5.31. The number of ether oxygens (including phenoxy) is 4. The molecule has 1 aromatic heterocycles. The highest BCUT2D eigenvalue weighted by molar-refractivity contribution is 6.30. The maximum absolute atomic E-state index is 12.5. The van der Waals surface area contributed by atoms with Gasteiger partial charge < -0.3 is 23.8 Å². The quantitative estimate of drug-likeness (QED) is 0.560. The molecular weight excluding hydrogens is 480 g/mol. The Kier molecular flexibility index (Phi) is 6.03. The summed E-state index contributed by atoms with van der Waals surface area (Å²) in [6.07, 6.45) is 4.06. The van der Waals surface area contributed by atoms with Gasteiger partial charge in [0.15, 0.2) is 0 Å². The minimum atomic E-state index is -2.15. The van der Waals surface area contributed by atoms with Crippen molar-refractivity contribution in [1.82, 2.24) is 14.9 Å². The second-order valence-electron chi connectivity index (χ2n) is 8.13. The van der Waals surface area contributed by atoms with Crippen LogP contribution in [0.1, 0.15) is 12.0 Å². The molecule has 5 rings (SSSR count). The largest absolute Gasteiger partial charge is 0.515 e. The van der Waals surface area contributed by atoms with Gasteiger partial charge in [-0.3, -0.25) is 4.90 Å². The minimum absolute atomic E-state index is 0.0178. The molecule has 2 atom stereocenters. The molecule has 11 nitrogen and oxygen atoms in total. The van der Waals surface area contributed by atoms with E-state index in [9.17, 15) is 14.4 Å². The van der Waals surface area contributed by atoms with Gasteiger partial charge >= 0.3 is 29.7 Å². The van der Waals surface area contributed by atoms with Gasteiger partial charge in [0.05, 0.1) is 0 Å². The summed E-state index contributed by atoms with van der Waals surface area (Å²) in [5.41, 5.74) is 0.232. The molecule has 2 saturated heterocycles. The Labute approximate surface area is 205 Å². The van der Waals surface area contributed by atoms with E-state index in [2.05, 4.69) is 19.8 Å². The molecule has 0 spiro atoms. The van der Waals surface area contributed by atoms with Gasteiger partial charge in [0, 0.05) is 74.3 Å². The van der Waals surface area contributed by atoms with Gasteiger partial charge in [-0.2, -0.15) is 0 Å². The van der Waals surface area contributed by atoms with Gasteiger partial charge in [-0.05, 0) is 30.3 Å². The monoisotopic (exact) mass is 500 g/mol. The number of anilines is 1. The summed E-state index contributed by atoms with van der Waals surface area (Å²) in [4.78, 5) is 50.1. The fourth-order valence-electron chi connectivity index (χ4n) is 4.32. The van der Waals surface area contributed by atoms with Crippen molar-refractivity contribution < 1.29 is 33.3 Å². The normalized spacial score (nSPS) is 27.6. The number of halogens is 1. The van der Waals surface area contributed by atoms with Gasteiger partial charge in [-0.15, -0.1) is 0 Å². The highest BCUT2D eigenvalue weighted by atomic mass is 35.5. The molecule has 12 heteroatoms. The molecule has 2 unspecified atom stereocenters. The molecule has 4 heterocycles. The number of fused-ring (bicyclic) bond motifs is 1. The van der Waals surface area contributed by atoms with E-state index in [0.29, 0.717) is 43.7 Å². The first-order valence-electron chi connectivity index (χ1n) is 11.0. The summed E-state index contributed by atoms with van der Waals surface area (Å²) in [6.45, 7) is 3.01. The highest BCUT2D eigenvalue weighted by Gasteiger charge is 2.71. The lowest BCUT2D eigenvalue weighted by Gasteiger charge is -2.41. The third kappa shape index (κ3) is 4.40. The molecule has 0 aliphatic carbocycles. The van der Waals surface area contributed by atoms with Crippen LogP contribution in [0.4, 0.5) is 10.7 Å². The van der Waals surface area contributed by atoms with E-state index < -0.39 is 29.7 Å². The van der Waals surface area contributed by atoms with Gasteiger partial charge in [0.2, 0.25) is 5.95 Å². The van der Waals surface area contributed by atoms with Gasteiger partial charge in [-0.25, -0.2) is 24.4 Å². The minimum Gasteiger partial charge on any atom is -0.411 e. The lowest BCUT2D eigenvalue weighted by molar-refractivity contribution is -0.315. The van der Waals surface area contributed by atoms with Crippen molar-refractivity contribution >= 4 is 35.6 Å². The Hall–Kier alpha value is -3.70. The van der Waals surface area contributed by atoms with E-state index in [0.717, 1.165) is 12.2 Å². The predicted molar refractivity (Wildman–Crippen MR) is 120 cm³/mol. The number of hydrogen-bond acceptors (Lipinski definition) is 11. The van der Waals surface area contributed by atoms with Crippen LogP contribution in [-0.2, 0) is 34.3 Å². The molecule has 2 aromatic rings. The number of hydrogen-bond donors (Lipinski definition) is 0. The summed E-state index contributed by atoms with van der Waals surface area (Å²) in [6, 6.07) is 7.87. The molecule has 2 fully saturated rings. The predicted octanol–water partition coefficient (Wildman–Crippen LogP) is 2.01. The number of benzene rings is 1. The summed E-state index contributed by atoms with van der Waals surface area (Å²) >= 11 is 6.02. The van der Waals surface area contributed by atoms with Crippen LogP contribution in [-0.4, -0.2) is 71.5 Å². The van der Waals surface area contributed by atoms with Crippen molar-refractivity contribution in [3.8, 4) is 0 Å². The molecule has 0 amide bonds. The number of rotatable bonds is 5. The highest BCUT2D eigenvalue weighted by Crippen LogP contribution is 2.50. The van der Waals surface area contributed by atoms with Gasteiger partial charge in [0.1, 0.15) is 0 Å². The lowest BCUT2D eigenvalue weighted by atomic mass is 9.93. The Morgan fingerprint density at radius 1 is 0.857 bits per heavy atom. The van der Waals surface area contributed by atoms with Crippen LogP contribution >= 0.6 is 11.6 Å². The first-order valence-corrected chi connectivity index (χ1v) is 11.3. The van der Waals surface area contributed by atoms with Crippen LogP contribution < -0.4 is 4.90 Å². The molecule has 1 aromatic carbocycles. The zero-order valence-corrected chi connectivity index (χ0v) is 19.2. The van der Waals surface area contributed by atoms with Crippen molar-refractivity contribution in [2.24, 2.45) is 0 Å². The van der Waals surface area contributed by atoms with E-state index in [1.165, 1.54) is 24.3 Å². The molecule has 182 valence electrons. The third-order valence-corrected chi connectivity index (χ3v) is 6.28. The first-order chi connectivity index (χ1) is 16.9. The molecule has 3 aliphatic rings. The van der Waals surface area contributed by atoms with Crippen molar-refractivity contribution in [3.05, 3.63) is 65.5 Å². The fraction of sp³-hybridized carbons (Fsp3) is 0.348. The van der Waals surface area contributed by atoms with Crippen molar-refractivity contribution in [2.75, 3.05) is 37.6 Å². The molecule has 0 bridgehead atoms. The average Bonchev–Trinajstić information content (AvgIpc) is 3.12. The Bertz CT molecular complexity index is 1150. The summed E-state index contributed by atoms with van der Waals surface area (Å²) in [7, 11) is 0. The number of nitrogens with zero attached hydrogens (tertiary/aromatic N) is 4. The van der Waals surface area contributed by atoms with Crippen molar-refractivity contribution in [2.45, 2.75) is 18.0 Å². The maximum atomic E-state index is 12.5. The van der Waals surface area contributed by atoms with Crippen LogP contribution in [0.25, 0.3) is 0 Å². The standard InChI is InChI=1S/C23H21ClN4O7/c24-17-4-2-16(3-5-17)23-22(34-21(31)35-23,32-18(29)6-7-19(30)33-23)8-11-27-12-14-28(15-13-27)20-25-9-1-10-26-20/h1-7,9-10H,8,11-15H2/b7-6-. The number of carbonyl (C=O) groups is 3. The van der Waals surface area contributed by atoms with Gasteiger partial charge in [-0.1, -0.05) is 11.6 Å². The molecular formula is C23H21ClN4O7. The molecule has 0 radical (unpaired) electrons. The third-order valence-electron chi connectivity index (χ3n) is 6.03. The SMILES string of the molecule is O=C1/C=C\C(=O)OC2(c3ccc(Cl)cc3)OC(=O)OC2(CCN2CCN(c3ncccn3)CC2)O1. The van der Waals surface area contributed by atoms with E-state index in [1.54, 1.807) is 18.5 Å². The number of carbonyl (C=O) groups excluding carboxylic acids is 3. The smallest absolute Gasteiger partial charge is 0.411 e. The summed E-state index contributed by atoms with van der Waals surface area (Å²) in [5, 5.41) is 0.412. The van der Waals surface area contributed by atoms with Crippen molar-refractivity contribution in [3.63, 3.8) is 0 Å². The molecule has 35 heavy (non-hydrogen) atoms. The number of aromatic nitrogens is 2. The van der Waals surface area contributed by atoms with Crippen LogP contribution in [0.2, 0.25) is 5.02 Å². The van der Waals surface area contributed by atoms with E-state index in [1.807, 2.05) is 0 Å². The average molecular weight is 501 g/mol. The van der Waals surface area contributed by atoms with Crippen LogP contribution in [0.3, 0.4) is 0 Å². The molecule has 0 saturated carbocycles. The van der Waals surface area contributed by atoms with E-state index in [-0.39, 0.29) is 12.0 Å². The topological polar surface area (TPSA) is 120 Å². The molecule has 0 N–H and O–H groups in total. The first kappa shape index (κ1) is 23.1. The Morgan fingerprint density at radius 2 is 1.51 bits per heavy atom. The number of piperazine rings is 1. The summed E-state index contributed by atoms with van der Waals surface area (Å²) < 4.78 is 22.2. The Morgan fingerprint density at radius 3 is 2.20 bits per heavy atom. The van der Waals surface area contributed by atoms with Gasteiger partial charge in [0.25, 0.3) is 0 Å². The zero-order chi connectivity index (χ0) is 24.5. The van der Waals surface area contributed by atoms with Crippen LogP contribution in [0.15, 0.2) is 54.9 Å². The Balaban J connectivity index is 1.41. The zero-order valence-electron chi connectivity index (χ0n) is 18.5. The lowest BCUT2D eigenvalue weighted by Crippen LogP contribution is -2.57. The van der Waals surface area contributed by atoms with Crippen molar-refractivity contribution in [1.29, 1.82) is 0 Å². The van der Waals surface area contributed by atoms with Crippen LogP contribution in [0.5, 0.6) is 0 Å². The second-order valence-corrected chi connectivity index (χ2v) is 8.57. The van der Waals surface area contributed by atoms with E-state index in [4.69, 9.17) is 30.5 Å². The maximum Gasteiger partial charge on any atom is 0.515 e. The molecule has 3 aliphatic heterocycles. The number of esters is 2.